The lowest BCUT2D eigenvalue weighted by atomic mass is 10.1. The summed E-state index contributed by atoms with van der Waals surface area (Å²) in [7, 11) is 0. The first-order valence-electron chi connectivity index (χ1n) is 8.05. The summed E-state index contributed by atoms with van der Waals surface area (Å²) in [6.07, 6.45) is -3.07. The van der Waals surface area contributed by atoms with E-state index in [4.69, 9.17) is 0 Å². The standard InChI is InChI=1S/C18H17F3N4OS/c1-11(2)7-14-5-3-12(8-22)17(24-14)27-10-16(26)25-15-6-4-13(9-23-15)18(19,20)21/h3-6,9,11H,7,10H2,1-2H3,(H,23,25,26). The van der Waals surface area contributed by atoms with E-state index in [0.29, 0.717) is 22.7 Å². The number of aromatic nitrogens is 2. The monoisotopic (exact) mass is 394 g/mol. The molecule has 0 saturated heterocycles. The summed E-state index contributed by atoms with van der Waals surface area (Å²) >= 11 is 1.09. The number of nitriles is 1. The highest BCUT2D eigenvalue weighted by Crippen LogP contribution is 2.29. The fourth-order valence-electron chi connectivity index (χ4n) is 2.15. The van der Waals surface area contributed by atoms with E-state index >= 15 is 0 Å². The number of alkyl halides is 3. The number of amides is 1. The third kappa shape index (κ3) is 6.25. The van der Waals surface area contributed by atoms with Gasteiger partial charge in [-0.05, 0) is 36.6 Å². The smallest absolute Gasteiger partial charge is 0.310 e. The SMILES string of the molecule is CC(C)Cc1ccc(C#N)c(SCC(=O)Nc2ccc(C(F)(F)F)cn2)n1. The molecule has 1 N–H and O–H groups in total. The Morgan fingerprint density at radius 3 is 2.59 bits per heavy atom. The van der Waals surface area contributed by atoms with E-state index in [1.807, 2.05) is 6.07 Å². The van der Waals surface area contributed by atoms with E-state index in [1.165, 1.54) is 0 Å². The number of anilines is 1. The lowest BCUT2D eigenvalue weighted by molar-refractivity contribution is -0.137. The Kier molecular flexibility index (Phi) is 6.80. The van der Waals surface area contributed by atoms with Crippen LogP contribution in [-0.4, -0.2) is 21.6 Å². The zero-order valence-electron chi connectivity index (χ0n) is 14.7. The van der Waals surface area contributed by atoms with Crippen molar-refractivity contribution in [1.29, 1.82) is 5.26 Å². The van der Waals surface area contributed by atoms with Crippen molar-refractivity contribution in [3.63, 3.8) is 0 Å². The Morgan fingerprint density at radius 2 is 2.04 bits per heavy atom. The highest BCUT2D eigenvalue weighted by molar-refractivity contribution is 8.00. The molecule has 0 bridgehead atoms. The summed E-state index contributed by atoms with van der Waals surface area (Å²) in [4.78, 5) is 20.0. The van der Waals surface area contributed by atoms with Crippen LogP contribution in [0.25, 0.3) is 0 Å². The fraction of sp³-hybridized carbons (Fsp3) is 0.333. The molecule has 0 atom stereocenters. The highest BCUT2D eigenvalue weighted by atomic mass is 32.2. The molecule has 142 valence electrons. The number of hydrogen-bond donors (Lipinski definition) is 1. The summed E-state index contributed by atoms with van der Waals surface area (Å²) in [5.74, 6) is -0.0737. The molecule has 0 aromatic carbocycles. The number of thioether (sulfide) groups is 1. The molecule has 0 spiro atoms. The molecular weight excluding hydrogens is 377 g/mol. The lowest BCUT2D eigenvalue weighted by Gasteiger charge is -2.09. The van der Waals surface area contributed by atoms with Crippen LogP contribution in [0.5, 0.6) is 0 Å². The minimum absolute atomic E-state index is 0.0237. The molecular formula is C18H17F3N4OS. The van der Waals surface area contributed by atoms with Crippen LogP contribution in [0.15, 0.2) is 35.5 Å². The van der Waals surface area contributed by atoms with Crippen LogP contribution in [0.1, 0.15) is 30.7 Å². The first-order valence-corrected chi connectivity index (χ1v) is 9.03. The van der Waals surface area contributed by atoms with E-state index in [9.17, 15) is 23.2 Å². The van der Waals surface area contributed by atoms with Crippen molar-refractivity contribution in [2.45, 2.75) is 31.5 Å². The summed E-state index contributed by atoms with van der Waals surface area (Å²) in [6, 6.07) is 7.43. The van der Waals surface area contributed by atoms with Crippen LogP contribution in [-0.2, 0) is 17.4 Å². The molecule has 5 nitrogen and oxygen atoms in total. The minimum atomic E-state index is -4.48. The van der Waals surface area contributed by atoms with Crippen LogP contribution in [0.2, 0.25) is 0 Å². The first kappa shape index (κ1) is 20.7. The van der Waals surface area contributed by atoms with Gasteiger partial charge >= 0.3 is 6.18 Å². The number of pyridine rings is 2. The number of carbonyl (C=O) groups excluding carboxylic acids is 1. The van der Waals surface area contributed by atoms with Crippen LogP contribution in [0, 0.1) is 17.2 Å². The van der Waals surface area contributed by atoms with Crippen molar-refractivity contribution in [1.82, 2.24) is 9.97 Å². The highest BCUT2D eigenvalue weighted by Gasteiger charge is 2.30. The maximum Gasteiger partial charge on any atom is 0.417 e. The number of halogens is 3. The first-order chi connectivity index (χ1) is 12.7. The van der Waals surface area contributed by atoms with Gasteiger partial charge in [-0.1, -0.05) is 25.6 Å². The van der Waals surface area contributed by atoms with Crippen molar-refractivity contribution in [2.24, 2.45) is 5.92 Å². The summed E-state index contributed by atoms with van der Waals surface area (Å²) in [5, 5.41) is 12.1. The molecule has 9 heteroatoms. The van der Waals surface area contributed by atoms with Gasteiger partial charge in [-0.3, -0.25) is 4.79 Å². The van der Waals surface area contributed by atoms with Gasteiger partial charge in [-0.15, -0.1) is 0 Å². The molecule has 27 heavy (non-hydrogen) atoms. The van der Waals surface area contributed by atoms with Crippen LogP contribution < -0.4 is 5.32 Å². The summed E-state index contributed by atoms with van der Waals surface area (Å²) in [5.41, 5.74) is 0.309. The largest absolute Gasteiger partial charge is 0.417 e. The Bertz CT molecular complexity index is 845. The maximum absolute atomic E-state index is 12.5. The Hall–Kier alpha value is -2.60. The molecule has 0 unspecified atom stereocenters. The van der Waals surface area contributed by atoms with Gasteiger partial charge in [0.05, 0.1) is 16.9 Å². The predicted molar refractivity (Wildman–Crippen MR) is 96.1 cm³/mol. The number of hydrogen-bond acceptors (Lipinski definition) is 5. The van der Waals surface area contributed by atoms with Gasteiger partial charge in [0.1, 0.15) is 16.9 Å². The van der Waals surface area contributed by atoms with Gasteiger partial charge in [-0.25, -0.2) is 9.97 Å². The quantitative estimate of drug-likeness (QED) is 0.739. The van der Waals surface area contributed by atoms with Crippen molar-refractivity contribution in [3.8, 4) is 6.07 Å². The molecule has 0 aliphatic heterocycles. The van der Waals surface area contributed by atoms with E-state index < -0.39 is 17.6 Å². The molecule has 2 heterocycles. The normalized spacial score (nSPS) is 11.3. The van der Waals surface area contributed by atoms with E-state index in [-0.39, 0.29) is 11.6 Å². The Morgan fingerprint density at radius 1 is 1.30 bits per heavy atom. The fourth-order valence-corrected chi connectivity index (χ4v) is 2.95. The number of nitrogens with one attached hydrogen (secondary N) is 1. The molecule has 2 aromatic rings. The predicted octanol–water partition coefficient (Wildman–Crippen LogP) is 4.30. The molecule has 0 aliphatic carbocycles. The number of nitrogens with zero attached hydrogens (tertiary/aromatic N) is 3. The Labute approximate surface area is 159 Å². The van der Waals surface area contributed by atoms with Crippen molar-refractivity contribution < 1.29 is 18.0 Å². The zero-order valence-corrected chi connectivity index (χ0v) is 15.5. The second kappa shape index (κ2) is 8.86. The molecule has 2 aromatic heterocycles. The van der Waals surface area contributed by atoms with Gasteiger partial charge in [-0.2, -0.15) is 18.4 Å². The van der Waals surface area contributed by atoms with Crippen molar-refractivity contribution >= 4 is 23.5 Å². The van der Waals surface area contributed by atoms with Gasteiger partial charge in [0, 0.05) is 11.9 Å². The van der Waals surface area contributed by atoms with Gasteiger partial charge in [0.25, 0.3) is 0 Å². The molecule has 2 rings (SSSR count). The second-order valence-corrected chi connectivity index (χ2v) is 7.10. The van der Waals surface area contributed by atoms with Gasteiger partial charge in [0.2, 0.25) is 5.91 Å². The van der Waals surface area contributed by atoms with Crippen LogP contribution >= 0.6 is 11.8 Å². The minimum Gasteiger partial charge on any atom is -0.310 e. The molecule has 0 saturated carbocycles. The van der Waals surface area contributed by atoms with Crippen LogP contribution in [0.3, 0.4) is 0 Å². The maximum atomic E-state index is 12.5. The van der Waals surface area contributed by atoms with Gasteiger partial charge < -0.3 is 5.32 Å². The van der Waals surface area contributed by atoms with Gasteiger partial charge in [0.15, 0.2) is 0 Å². The van der Waals surface area contributed by atoms with E-state index in [2.05, 4.69) is 29.1 Å². The number of carbonyl (C=O) groups is 1. The van der Waals surface area contributed by atoms with Crippen molar-refractivity contribution in [2.75, 3.05) is 11.1 Å². The van der Waals surface area contributed by atoms with Crippen molar-refractivity contribution in [3.05, 3.63) is 47.3 Å². The lowest BCUT2D eigenvalue weighted by Crippen LogP contribution is -2.16. The van der Waals surface area contributed by atoms with E-state index in [0.717, 1.165) is 36.0 Å². The summed E-state index contributed by atoms with van der Waals surface area (Å²) in [6.45, 7) is 4.11. The van der Waals surface area contributed by atoms with Crippen LogP contribution in [0.4, 0.5) is 19.0 Å². The average molecular weight is 394 g/mol. The molecule has 0 fully saturated rings. The molecule has 1 amide bonds. The molecule has 0 aliphatic rings. The topological polar surface area (TPSA) is 78.7 Å². The number of rotatable bonds is 6. The molecule has 0 radical (unpaired) electrons. The van der Waals surface area contributed by atoms with E-state index in [1.54, 1.807) is 12.1 Å². The third-order valence-electron chi connectivity index (χ3n) is 3.35. The second-order valence-electron chi connectivity index (χ2n) is 6.13. The Balaban J connectivity index is 2.00. The zero-order chi connectivity index (χ0) is 20.0. The third-order valence-corrected chi connectivity index (χ3v) is 4.35. The summed E-state index contributed by atoms with van der Waals surface area (Å²) < 4.78 is 37.5. The average Bonchev–Trinajstić information content (AvgIpc) is 2.59.